The molecule has 1 amide bonds. The lowest BCUT2D eigenvalue weighted by Gasteiger charge is -2.34. The molecule has 1 aliphatic heterocycles. The number of nitrogens with zero attached hydrogens (tertiary/aromatic N) is 3. The van der Waals surface area contributed by atoms with E-state index in [0.717, 1.165) is 37.7 Å². The molecule has 0 bridgehead atoms. The highest BCUT2D eigenvalue weighted by molar-refractivity contribution is 7.89. The summed E-state index contributed by atoms with van der Waals surface area (Å²) >= 11 is 0. The van der Waals surface area contributed by atoms with E-state index in [1.807, 2.05) is 41.3 Å². The van der Waals surface area contributed by atoms with E-state index in [4.69, 9.17) is 5.14 Å². The number of pyridine rings is 1. The Kier molecular flexibility index (Phi) is 5.44. The number of rotatable bonds is 5. The van der Waals surface area contributed by atoms with Crippen molar-refractivity contribution in [1.82, 2.24) is 14.8 Å². The molecule has 0 radical (unpaired) electrons. The topological polar surface area (TPSA) is 96.6 Å². The van der Waals surface area contributed by atoms with Crippen molar-refractivity contribution >= 4 is 26.8 Å². The van der Waals surface area contributed by atoms with Gasteiger partial charge >= 0.3 is 0 Å². The third-order valence-corrected chi connectivity index (χ3v) is 7.23. The Morgan fingerprint density at radius 1 is 0.969 bits per heavy atom. The number of fused-ring (bicyclic) bond motifs is 1. The fourth-order valence-electron chi connectivity index (χ4n) is 4.28. The third-order valence-electron chi connectivity index (χ3n) is 6.29. The van der Waals surface area contributed by atoms with Crippen LogP contribution in [0, 0.1) is 5.92 Å². The molecule has 166 valence electrons. The van der Waals surface area contributed by atoms with Crippen molar-refractivity contribution in [1.29, 1.82) is 0 Å². The van der Waals surface area contributed by atoms with Crippen molar-refractivity contribution < 1.29 is 13.2 Å². The summed E-state index contributed by atoms with van der Waals surface area (Å²) < 4.78 is 23.9. The van der Waals surface area contributed by atoms with Gasteiger partial charge in [-0.3, -0.25) is 9.69 Å². The molecule has 2 fully saturated rings. The smallest absolute Gasteiger partial charge is 0.253 e. The van der Waals surface area contributed by atoms with Gasteiger partial charge in [0.25, 0.3) is 5.91 Å². The second-order valence-electron chi connectivity index (χ2n) is 8.68. The number of hydrogen-bond acceptors (Lipinski definition) is 5. The number of piperazine rings is 1. The molecule has 1 aliphatic carbocycles. The van der Waals surface area contributed by atoms with Crippen molar-refractivity contribution in [3.8, 4) is 11.3 Å². The molecule has 32 heavy (non-hydrogen) atoms. The number of aromatic nitrogens is 1. The molecule has 1 aromatic heterocycles. The first-order valence-electron chi connectivity index (χ1n) is 10.9. The zero-order chi connectivity index (χ0) is 22.3. The average molecular weight is 451 g/mol. The van der Waals surface area contributed by atoms with Crippen LogP contribution in [0.2, 0.25) is 0 Å². The van der Waals surface area contributed by atoms with Gasteiger partial charge in [0, 0.05) is 49.2 Å². The van der Waals surface area contributed by atoms with Crippen molar-refractivity contribution in [2.24, 2.45) is 11.1 Å². The molecule has 2 aromatic carbocycles. The summed E-state index contributed by atoms with van der Waals surface area (Å²) in [6.45, 7) is 4.57. The summed E-state index contributed by atoms with van der Waals surface area (Å²) in [4.78, 5) is 21.9. The van der Waals surface area contributed by atoms with Crippen molar-refractivity contribution in [3.63, 3.8) is 0 Å². The number of carbonyl (C=O) groups excluding carboxylic acids is 1. The molecule has 2 aliphatic rings. The highest BCUT2D eigenvalue weighted by Crippen LogP contribution is 2.30. The van der Waals surface area contributed by atoms with Crippen molar-refractivity contribution in [2.45, 2.75) is 17.7 Å². The Labute approximate surface area is 187 Å². The third kappa shape index (κ3) is 4.39. The minimum Gasteiger partial charge on any atom is -0.336 e. The van der Waals surface area contributed by atoms with Gasteiger partial charge in [0.05, 0.1) is 11.2 Å². The number of para-hydroxylation sites is 1. The molecule has 8 heteroatoms. The van der Waals surface area contributed by atoms with Gasteiger partial charge in [-0.25, -0.2) is 18.5 Å². The first kappa shape index (κ1) is 21.1. The highest BCUT2D eigenvalue weighted by atomic mass is 32.2. The number of benzene rings is 2. The Morgan fingerprint density at radius 3 is 2.34 bits per heavy atom. The second-order valence-corrected chi connectivity index (χ2v) is 10.2. The van der Waals surface area contributed by atoms with Crippen LogP contribution in [-0.2, 0) is 10.0 Å². The number of amides is 1. The molecule has 2 heterocycles. The molecule has 0 atom stereocenters. The SMILES string of the molecule is NS(=O)(=O)c1cccc2ccc(-c3ccc(C(=O)N4CCN(CC5CC5)CC4)cc3)nc12. The van der Waals surface area contributed by atoms with Gasteiger partial charge in [0.15, 0.2) is 0 Å². The van der Waals surface area contributed by atoms with Crippen LogP contribution in [0.3, 0.4) is 0 Å². The summed E-state index contributed by atoms with van der Waals surface area (Å²) in [7, 11) is -3.88. The minimum atomic E-state index is -3.88. The Bertz CT molecular complexity index is 1260. The fraction of sp³-hybridized carbons (Fsp3) is 0.333. The Hall–Kier alpha value is -2.81. The number of hydrogen-bond donors (Lipinski definition) is 1. The first-order valence-corrected chi connectivity index (χ1v) is 12.5. The highest BCUT2D eigenvalue weighted by Gasteiger charge is 2.28. The lowest BCUT2D eigenvalue weighted by molar-refractivity contribution is 0.0632. The Morgan fingerprint density at radius 2 is 1.69 bits per heavy atom. The monoisotopic (exact) mass is 450 g/mol. The van der Waals surface area contributed by atoms with E-state index in [1.54, 1.807) is 12.1 Å². The van der Waals surface area contributed by atoms with Gasteiger partial charge in [-0.1, -0.05) is 30.3 Å². The van der Waals surface area contributed by atoms with E-state index in [1.165, 1.54) is 25.5 Å². The van der Waals surface area contributed by atoms with E-state index in [0.29, 0.717) is 22.2 Å². The zero-order valence-corrected chi connectivity index (χ0v) is 18.6. The molecule has 2 N–H and O–H groups in total. The van der Waals surface area contributed by atoms with E-state index in [2.05, 4.69) is 9.88 Å². The van der Waals surface area contributed by atoms with Gasteiger partial charge in [0.2, 0.25) is 10.0 Å². The first-order chi connectivity index (χ1) is 15.4. The molecule has 5 rings (SSSR count). The van der Waals surface area contributed by atoms with Gasteiger partial charge < -0.3 is 4.90 Å². The molecule has 3 aromatic rings. The maximum absolute atomic E-state index is 12.9. The largest absolute Gasteiger partial charge is 0.336 e. The molecule has 0 unspecified atom stereocenters. The fourth-order valence-corrected chi connectivity index (χ4v) is 4.98. The van der Waals surface area contributed by atoms with E-state index < -0.39 is 10.0 Å². The zero-order valence-electron chi connectivity index (χ0n) is 17.8. The predicted octanol–water partition coefficient (Wildman–Crippen LogP) is 2.72. The summed E-state index contributed by atoms with van der Waals surface area (Å²) in [6, 6.07) is 15.9. The van der Waals surface area contributed by atoms with Crippen molar-refractivity contribution in [3.05, 3.63) is 60.2 Å². The van der Waals surface area contributed by atoms with Crippen LogP contribution in [0.1, 0.15) is 23.2 Å². The van der Waals surface area contributed by atoms with Crippen LogP contribution in [0.15, 0.2) is 59.5 Å². The normalized spacial score (nSPS) is 17.6. The molecular formula is C24H26N4O3S. The van der Waals surface area contributed by atoms with Crippen LogP contribution >= 0.6 is 0 Å². The number of carbonyl (C=O) groups is 1. The van der Waals surface area contributed by atoms with Crippen molar-refractivity contribution in [2.75, 3.05) is 32.7 Å². The van der Waals surface area contributed by atoms with Gasteiger partial charge in [-0.15, -0.1) is 0 Å². The van der Waals surface area contributed by atoms with Crippen LogP contribution in [0.4, 0.5) is 0 Å². The average Bonchev–Trinajstić information content (AvgIpc) is 3.62. The summed E-state index contributed by atoms with van der Waals surface area (Å²) in [5.74, 6) is 0.917. The number of primary sulfonamides is 1. The number of sulfonamides is 1. The summed E-state index contributed by atoms with van der Waals surface area (Å²) in [5, 5.41) is 6.06. The van der Waals surface area contributed by atoms with Gasteiger partial charge in [0.1, 0.15) is 4.90 Å². The standard InChI is InChI=1S/C24H26N4O3S/c25-32(30,31)22-3-1-2-19-10-11-21(26-23(19)22)18-6-8-20(9-7-18)24(29)28-14-12-27(13-15-28)16-17-4-5-17/h1-3,6-11,17H,4-5,12-16H2,(H2,25,30,31). The summed E-state index contributed by atoms with van der Waals surface area (Å²) in [5.41, 5.74) is 2.43. The molecular weight excluding hydrogens is 424 g/mol. The molecule has 0 spiro atoms. The quantitative estimate of drug-likeness (QED) is 0.645. The predicted molar refractivity (Wildman–Crippen MR) is 124 cm³/mol. The molecule has 1 saturated carbocycles. The van der Waals surface area contributed by atoms with Gasteiger partial charge in [-0.2, -0.15) is 0 Å². The molecule has 1 saturated heterocycles. The van der Waals surface area contributed by atoms with Crippen LogP contribution in [0.5, 0.6) is 0 Å². The van der Waals surface area contributed by atoms with E-state index in [9.17, 15) is 13.2 Å². The van der Waals surface area contributed by atoms with Crippen LogP contribution < -0.4 is 5.14 Å². The van der Waals surface area contributed by atoms with E-state index in [-0.39, 0.29) is 10.8 Å². The lowest BCUT2D eigenvalue weighted by atomic mass is 10.1. The van der Waals surface area contributed by atoms with E-state index >= 15 is 0 Å². The number of nitrogens with two attached hydrogens (primary N) is 1. The maximum Gasteiger partial charge on any atom is 0.253 e. The lowest BCUT2D eigenvalue weighted by Crippen LogP contribution is -2.49. The summed E-state index contributed by atoms with van der Waals surface area (Å²) in [6.07, 6.45) is 2.70. The second kappa shape index (κ2) is 8.27. The minimum absolute atomic E-state index is 0.00414. The van der Waals surface area contributed by atoms with Gasteiger partial charge in [-0.05, 0) is 43.0 Å². The molecule has 7 nitrogen and oxygen atoms in total. The van der Waals surface area contributed by atoms with Crippen LogP contribution in [0.25, 0.3) is 22.2 Å². The van der Waals surface area contributed by atoms with Crippen LogP contribution in [-0.4, -0.2) is 61.8 Å². The Balaban J connectivity index is 1.33. The maximum atomic E-state index is 12.9.